The van der Waals surface area contributed by atoms with Crippen molar-refractivity contribution in [2.75, 3.05) is 7.11 Å². The van der Waals surface area contributed by atoms with Crippen LogP contribution in [0.15, 0.2) is 18.2 Å². The van der Waals surface area contributed by atoms with Gasteiger partial charge in [-0.1, -0.05) is 24.6 Å². The number of hydrogen-bond acceptors (Lipinski definition) is 3. The van der Waals surface area contributed by atoms with Gasteiger partial charge >= 0.3 is 5.97 Å². The van der Waals surface area contributed by atoms with E-state index in [9.17, 15) is 14.3 Å². The molecule has 0 saturated heterocycles. The van der Waals surface area contributed by atoms with Crippen molar-refractivity contribution >= 4 is 17.6 Å². The van der Waals surface area contributed by atoms with Crippen molar-refractivity contribution in [1.82, 2.24) is 0 Å². The first kappa shape index (κ1) is 13.9. The monoisotopic (exact) mass is 260 g/mol. The van der Waals surface area contributed by atoms with E-state index in [0.717, 1.165) is 0 Å². The van der Waals surface area contributed by atoms with E-state index in [1.807, 2.05) is 0 Å². The molecule has 17 heavy (non-hydrogen) atoms. The fourth-order valence-corrected chi connectivity index (χ4v) is 1.87. The molecule has 0 heterocycles. The second kappa shape index (κ2) is 5.98. The van der Waals surface area contributed by atoms with Gasteiger partial charge in [-0.25, -0.2) is 4.39 Å². The van der Waals surface area contributed by atoms with Crippen LogP contribution in [-0.4, -0.2) is 18.2 Å². The minimum absolute atomic E-state index is 0.0184. The second-order valence-corrected chi connectivity index (χ2v) is 4.22. The smallest absolute Gasteiger partial charge is 0.308 e. The molecule has 0 amide bonds. The van der Waals surface area contributed by atoms with Gasteiger partial charge in [0, 0.05) is 10.6 Å². The highest BCUT2D eigenvalue weighted by atomic mass is 35.5. The number of carbonyl (C=O) groups is 1. The van der Waals surface area contributed by atoms with Gasteiger partial charge in [0.2, 0.25) is 0 Å². The summed E-state index contributed by atoms with van der Waals surface area (Å²) < 4.78 is 18.0. The van der Waals surface area contributed by atoms with Crippen LogP contribution in [-0.2, 0) is 9.53 Å². The normalized spacial score (nSPS) is 14.2. The largest absolute Gasteiger partial charge is 0.469 e. The molecule has 0 bridgehead atoms. The fraction of sp³-hybridized carbons (Fsp3) is 0.417. The van der Waals surface area contributed by atoms with Crippen LogP contribution in [0.2, 0.25) is 5.02 Å². The van der Waals surface area contributed by atoms with E-state index >= 15 is 0 Å². The Kier molecular flexibility index (Phi) is 4.90. The van der Waals surface area contributed by atoms with E-state index in [2.05, 4.69) is 4.74 Å². The molecule has 1 aromatic rings. The van der Waals surface area contributed by atoms with E-state index in [1.165, 1.54) is 25.3 Å². The van der Waals surface area contributed by atoms with Crippen molar-refractivity contribution in [3.8, 4) is 0 Å². The summed E-state index contributed by atoms with van der Waals surface area (Å²) in [5, 5.41) is 10.0. The molecule has 1 N–H and O–H groups in total. The second-order valence-electron chi connectivity index (χ2n) is 3.81. The molecule has 0 saturated carbocycles. The predicted octanol–water partition coefficient (Wildman–Crippen LogP) is 2.71. The van der Waals surface area contributed by atoms with Gasteiger partial charge in [0.05, 0.1) is 19.1 Å². The van der Waals surface area contributed by atoms with Crippen LogP contribution < -0.4 is 0 Å². The van der Waals surface area contributed by atoms with Crippen molar-refractivity contribution in [2.24, 2.45) is 5.92 Å². The first-order valence-electron chi connectivity index (χ1n) is 5.17. The molecule has 2 atom stereocenters. The summed E-state index contributed by atoms with van der Waals surface area (Å²) in [6.07, 6.45) is -1.06. The maximum Gasteiger partial charge on any atom is 0.308 e. The topological polar surface area (TPSA) is 46.5 Å². The zero-order valence-corrected chi connectivity index (χ0v) is 10.4. The third-order valence-corrected chi connectivity index (χ3v) is 2.84. The zero-order chi connectivity index (χ0) is 13.0. The SMILES string of the molecule is COC(=O)C(C)CC(O)c1c(F)cccc1Cl. The highest BCUT2D eigenvalue weighted by molar-refractivity contribution is 6.31. The van der Waals surface area contributed by atoms with Crippen molar-refractivity contribution < 1.29 is 19.0 Å². The lowest BCUT2D eigenvalue weighted by Crippen LogP contribution is -2.16. The summed E-state index contributed by atoms with van der Waals surface area (Å²) in [5.41, 5.74) is 0.0184. The van der Waals surface area contributed by atoms with Crippen LogP contribution in [0, 0.1) is 11.7 Å². The molecule has 0 aliphatic rings. The Hall–Kier alpha value is -1.13. The Morgan fingerprint density at radius 3 is 2.76 bits per heavy atom. The number of halogens is 2. The van der Waals surface area contributed by atoms with Gasteiger partial charge in [0.1, 0.15) is 5.82 Å². The predicted molar refractivity (Wildman–Crippen MR) is 62.2 cm³/mol. The van der Waals surface area contributed by atoms with Crippen LogP contribution in [0.4, 0.5) is 4.39 Å². The zero-order valence-electron chi connectivity index (χ0n) is 9.61. The Morgan fingerprint density at radius 2 is 2.24 bits per heavy atom. The van der Waals surface area contributed by atoms with Crippen molar-refractivity contribution in [3.63, 3.8) is 0 Å². The number of esters is 1. The molecule has 94 valence electrons. The quantitative estimate of drug-likeness (QED) is 0.847. The van der Waals surface area contributed by atoms with Gasteiger partial charge in [-0.2, -0.15) is 0 Å². The third kappa shape index (κ3) is 3.41. The molecule has 0 radical (unpaired) electrons. The van der Waals surface area contributed by atoms with Gasteiger partial charge < -0.3 is 9.84 Å². The maximum absolute atomic E-state index is 13.5. The van der Waals surface area contributed by atoms with Gasteiger partial charge in [-0.05, 0) is 18.6 Å². The van der Waals surface area contributed by atoms with Crippen molar-refractivity contribution in [3.05, 3.63) is 34.6 Å². The number of carbonyl (C=O) groups excluding carboxylic acids is 1. The van der Waals surface area contributed by atoms with Gasteiger partial charge in [-0.3, -0.25) is 4.79 Å². The van der Waals surface area contributed by atoms with E-state index in [4.69, 9.17) is 11.6 Å². The minimum atomic E-state index is -1.13. The number of methoxy groups -OCH3 is 1. The third-order valence-electron chi connectivity index (χ3n) is 2.51. The molecule has 1 aromatic carbocycles. The first-order valence-corrected chi connectivity index (χ1v) is 5.55. The maximum atomic E-state index is 13.5. The molecule has 0 aromatic heterocycles. The average molecular weight is 261 g/mol. The van der Waals surface area contributed by atoms with Crippen LogP contribution in [0.3, 0.4) is 0 Å². The highest BCUT2D eigenvalue weighted by Gasteiger charge is 2.22. The van der Waals surface area contributed by atoms with Gasteiger partial charge in [0.15, 0.2) is 0 Å². The van der Waals surface area contributed by atoms with Crippen molar-refractivity contribution in [1.29, 1.82) is 0 Å². The van der Waals surface area contributed by atoms with Crippen LogP contribution in [0.5, 0.6) is 0 Å². The highest BCUT2D eigenvalue weighted by Crippen LogP contribution is 2.30. The molecule has 2 unspecified atom stereocenters. The minimum Gasteiger partial charge on any atom is -0.469 e. The van der Waals surface area contributed by atoms with Gasteiger partial charge in [-0.15, -0.1) is 0 Å². The summed E-state index contributed by atoms with van der Waals surface area (Å²) >= 11 is 5.81. The molecule has 0 aliphatic heterocycles. The summed E-state index contributed by atoms with van der Waals surface area (Å²) in [4.78, 5) is 11.2. The molecular weight excluding hydrogens is 247 g/mol. The van der Waals surface area contributed by atoms with Crippen LogP contribution in [0.25, 0.3) is 0 Å². The van der Waals surface area contributed by atoms with E-state index in [0.29, 0.717) is 0 Å². The molecule has 0 aliphatic carbocycles. The van der Waals surface area contributed by atoms with Crippen LogP contribution >= 0.6 is 11.6 Å². The Morgan fingerprint density at radius 1 is 1.59 bits per heavy atom. The van der Waals surface area contributed by atoms with Crippen LogP contribution in [0.1, 0.15) is 25.0 Å². The fourth-order valence-electron chi connectivity index (χ4n) is 1.58. The average Bonchev–Trinajstić information content (AvgIpc) is 2.27. The molecule has 1 rings (SSSR count). The van der Waals surface area contributed by atoms with E-state index in [1.54, 1.807) is 6.92 Å². The Labute approximate surface area is 104 Å². The number of benzene rings is 1. The summed E-state index contributed by atoms with van der Waals surface area (Å²) in [6, 6.07) is 4.16. The summed E-state index contributed by atoms with van der Waals surface area (Å²) in [5.74, 6) is -1.55. The first-order chi connectivity index (χ1) is 7.97. The Bertz CT molecular complexity index is 388. The Balaban J connectivity index is 2.83. The lowest BCUT2D eigenvalue weighted by molar-refractivity contribution is -0.145. The van der Waals surface area contributed by atoms with E-state index in [-0.39, 0.29) is 17.0 Å². The number of aliphatic hydroxyl groups is 1. The summed E-state index contributed by atoms with van der Waals surface area (Å²) in [7, 11) is 1.27. The molecule has 0 fully saturated rings. The number of rotatable bonds is 4. The molecule has 5 heteroatoms. The lowest BCUT2D eigenvalue weighted by Gasteiger charge is -2.16. The molecule has 3 nitrogen and oxygen atoms in total. The van der Waals surface area contributed by atoms with Crippen molar-refractivity contribution in [2.45, 2.75) is 19.4 Å². The molecular formula is C12H14ClFO3. The number of aliphatic hydroxyl groups excluding tert-OH is 1. The number of hydrogen-bond donors (Lipinski definition) is 1. The summed E-state index contributed by atoms with van der Waals surface area (Å²) in [6.45, 7) is 1.60. The van der Waals surface area contributed by atoms with E-state index < -0.39 is 23.8 Å². The standard InChI is InChI=1S/C12H14ClFO3/c1-7(12(16)17-2)6-10(15)11-8(13)4-3-5-9(11)14/h3-5,7,10,15H,6H2,1-2H3. The molecule has 0 spiro atoms. The lowest BCUT2D eigenvalue weighted by atomic mass is 9.98. The van der Waals surface area contributed by atoms with Gasteiger partial charge in [0.25, 0.3) is 0 Å². The number of ether oxygens (including phenoxy) is 1.